The van der Waals surface area contributed by atoms with Crippen LogP contribution in [0.15, 0.2) is 94.7 Å². The number of halogens is 1. The number of anilines is 2. The molecule has 0 N–H and O–H groups in total. The number of amides is 2. The first kappa shape index (κ1) is 27.4. The number of aromatic nitrogens is 1. The lowest BCUT2D eigenvalue weighted by Crippen LogP contribution is -2.53. The highest BCUT2D eigenvalue weighted by atomic mass is 32.1. The fourth-order valence-corrected chi connectivity index (χ4v) is 6.94. The van der Waals surface area contributed by atoms with Gasteiger partial charge in [-0.25, -0.2) is 14.2 Å². The Kier molecular flexibility index (Phi) is 6.29. The van der Waals surface area contributed by atoms with E-state index in [2.05, 4.69) is 11.6 Å². The molecule has 2 aliphatic rings. The molecule has 0 radical (unpaired) electrons. The largest absolute Gasteiger partial charge is 0.457 e. The maximum absolute atomic E-state index is 15.0. The van der Waals surface area contributed by atoms with Crippen LogP contribution in [0.25, 0.3) is 11.0 Å². The molecule has 9 nitrogen and oxygen atoms in total. The minimum Gasteiger partial charge on any atom is -0.457 e. The van der Waals surface area contributed by atoms with Crippen LogP contribution in [0, 0.1) is 12.7 Å². The van der Waals surface area contributed by atoms with Crippen LogP contribution in [0.2, 0.25) is 0 Å². The van der Waals surface area contributed by atoms with Gasteiger partial charge in [-0.15, -0.1) is 0 Å². The Morgan fingerprint density at radius 2 is 1.84 bits per heavy atom. The molecule has 5 aromatic rings. The zero-order chi connectivity index (χ0) is 30.7. The number of carbonyl (C=O) groups is 3. The van der Waals surface area contributed by atoms with E-state index in [9.17, 15) is 23.6 Å². The van der Waals surface area contributed by atoms with Crippen LogP contribution in [0.1, 0.15) is 42.6 Å². The van der Waals surface area contributed by atoms with Crippen LogP contribution in [-0.4, -0.2) is 29.4 Å². The molecule has 7 rings (SSSR count). The van der Waals surface area contributed by atoms with E-state index >= 15 is 0 Å². The molecule has 4 heterocycles. The van der Waals surface area contributed by atoms with E-state index in [-0.39, 0.29) is 51.1 Å². The number of para-hydroxylation sites is 1. The molecule has 3 aromatic carbocycles. The lowest BCUT2D eigenvalue weighted by molar-refractivity contribution is -0.121. The normalized spacial score (nSPS) is 17.0. The van der Waals surface area contributed by atoms with Gasteiger partial charge in [-0.3, -0.25) is 19.3 Å². The summed E-state index contributed by atoms with van der Waals surface area (Å²) < 4.78 is 25.6. The molecular formula is C33H22FN3O6S. The lowest BCUT2D eigenvalue weighted by Gasteiger charge is -2.32. The number of carbonyl (C=O) groups excluding carboxylic acids is 3. The van der Waals surface area contributed by atoms with Crippen molar-refractivity contribution in [3.63, 3.8) is 0 Å². The van der Waals surface area contributed by atoms with Crippen LogP contribution in [0.4, 0.5) is 15.2 Å². The zero-order valence-corrected chi connectivity index (χ0v) is 24.0. The molecule has 0 aliphatic carbocycles. The van der Waals surface area contributed by atoms with Gasteiger partial charge < -0.3 is 14.1 Å². The average molecular weight is 608 g/mol. The van der Waals surface area contributed by atoms with Gasteiger partial charge in [-0.1, -0.05) is 72.5 Å². The Morgan fingerprint density at radius 3 is 2.61 bits per heavy atom. The first-order valence-corrected chi connectivity index (χ1v) is 14.4. The van der Waals surface area contributed by atoms with Gasteiger partial charge in [0.25, 0.3) is 11.8 Å². The number of aryl methyl sites for hydroxylation is 1. The van der Waals surface area contributed by atoms with Crippen LogP contribution in [0.3, 0.4) is 0 Å². The molecule has 1 unspecified atom stereocenters. The predicted octanol–water partition coefficient (Wildman–Crippen LogP) is 5.49. The van der Waals surface area contributed by atoms with Crippen molar-refractivity contribution in [1.29, 1.82) is 0 Å². The molecule has 0 saturated heterocycles. The van der Waals surface area contributed by atoms with Gasteiger partial charge in [0.1, 0.15) is 22.9 Å². The SMILES string of the molecule is C=CCOC(=O)c1sc(N2C(=O)c3oc4ccc(F)cc4c(=O)c3C23C(=O)N(Cc2ccccc2)c2ccccc23)nc1C. The van der Waals surface area contributed by atoms with Crippen LogP contribution < -0.4 is 15.2 Å². The minimum absolute atomic E-state index is 0.00983. The molecule has 0 bridgehead atoms. The number of esters is 1. The predicted molar refractivity (Wildman–Crippen MR) is 161 cm³/mol. The Morgan fingerprint density at radius 1 is 1.09 bits per heavy atom. The number of hydrogen-bond acceptors (Lipinski definition) is 8. The van der Waals surface area contributed by atoms with E-state index in [1.54, 1.807) is 31.2 Å². The fraction of sp³-hybridized carbons (Fsp3) is 0.121. The highest BCUT2D eigenvalue weighted by Gasteiger charge is 2.66. The van der Waals surface area contributed by atoms with E-state index in [0.29, 0.717) is 11.3 Å². The van der Waals surface area contributed by atoms with Crippen molar-refractivity contribution in [2.75, 3.05) is 16.4 Å². The Hall–Kier alpha value is -5.42. The third-order valence-corrected chi connectivity index (χ3v) is 8.89. The number of ether oxygens (including phenoxy) is 1. The third-order valence-electron chi connectivity index (χ3n) is 7.76. The molecule has 1 spiro atoms. The van der Waals surface area contributed by atoms with Crippen molar-refractivity contribution < 1.29 is 27.9 Å². The lowest BCUT2D eigenvalue weighted by atomic mass is 9.84. The summed E-state index contributed by atoms with van der Waals surface area (Å²) in [5.74, 6) is -3.11. The molecule has 218 valence electrons. The Labute approximate surface area is 253 Å². The van der Waals surface area contributed by atoms with Crippen molar-refractivity contribution in [2.45, 2.75) is 19.0 Å². The molecule has 2 amide bonds. The van der Waals surface area contributed by atoms with Crippen LogP contribution >= 0.6 is 11.3 Å². The van der Waals surface area contributed by atoms with Gasteiger partial charge in [0.15, 0.2) is 16.1 Å². The van der Waals surface area contributed by atoms with Gasteiger partial charge in [0.2, 0.25) is 5.76 Å². The molecule has 44 heavy (non-hydrogen) atoms. The van der Waals surface area contributed by atoms with Gasteiger partial charge in [-0.05, 0) is 36.8 Å². The van der Waals surface area contributed by atoms with Crippen LogP contribution in [-0.2, 0) is 21.6 Å². The highest BCUT2D eigenvalue weighted by molar-refractivity contribution is 7.17. The van der Waals surface area contributed by atoms with Gasteiger partial charge in [-0.2, -0.15) is 0 Å². The number of fused-ring (bicyclic) bond motifs is 5. The monoisotopic (exact) mass is 607 g/mol. The van der Waals surface area contributed by atoms with Crippen molar-refractivity contribution in [3.8, 4) is 0 Å². The molecule has 2 aromatic heterocycles. The zero-order valence-electron chi connectivity index (χ0n) is 23.2. The quantitative estimate of drug-likeness (QED) is 0.185. The first-order chi connectivity index (χ1) is 21.3. The summed E-state index contributed by atoms with van der Waals surface area (Å²) in [7, 11) is 0. The summed E-state index contributed by atoms with van der Waals surface area (Å²) in [4.78, 5) is 63.8. The number of benzene rings is 3. The summed E-state index contributed by atoms with van der Waals surface area (Å²) in [6.07, 6.45) is 1.42. The number of rotatable bonds is 6. The van der Waals surface area contributed by atoms with Gasteiger partial charge in [0.05, 0.1) is 28.9 Å². The summed E-state index contributed by atoms with van der Waals surface area (Å²) in [5, 5.41) is -0.127. The van der Waals surface area contributed by atoms with Crippen molar-refractivity contribution in [2.24, 2.45) is 0 Å². The van der Waals surface area contributed by atoms with Crippen molar-refractivity contribution >= 4 is 50.9 Å². The number of nitrogens with zero attached hydrogens (tertiary/aromatic N) is 3. The summed E-state index contributed by atoms with van der Waals surface area (Å²) in [6, 6.07) is 19.5. The minimum atomic E-state index is -2.05. The molecule has 11 heteroatoms. The standard InChI is InChI=1S/C33H22FN3O6S/c1-3-15-42-30(40)28-18(2)35-32(44-28)37-29(39)27-25(26(38)21-16-20(34)13-14-24(21)43-27)33(37)22-11-7-8-12-23(22)36(31(33)41)17-19-9-5-4-6-10-19/h3-14,16H,1,15,17H2,2H3. The van der Waals surface area contributed by atoms with E-state index in [1.807, 2.05) is 30.3 Å². The topological polar surface area (TPSA) is 110 Å². The van der Waals surface area contributed by atoms with Gasteiger partial charge in [0, 0.05) is 5.56 Å². The van der Waals surface area contributed by atoms with Gasteiger partial charge >= 0.3 is 5.97 Å². The number of hydrogen-bond donors (Lipinski definition) is 0. The molecular weight excluding hydrogens is 585 g/mol. The molecule has 1 atom stereocenters. The average Bonchev–Trinajstić information content (AvgIpc) is 3.61. The van der Waals surface area contributed by atoms with Crippen molar-refractivity contribution in [3.05, 3.63) is 135 Å². The number of thiazole rings is 1. The second-order valence-corrected chi connectivity index (χ2v) is 11.3. The Bertz CT molecular complexity index is 2110. The summed E-state index contributed by atoms with van der Waals surface area (Å²) in [6.45, 7) is 5.24. The fourth-order valence-electron chi connectivity index (χ4n) is 5.93. The Balaban J connectivity index is 1.52. The first-order valence-electron chi connectivity index (χ1n) is 13.6. The smallest absolute Gasteiger partial charge is 0.350 e. The maximum atomic E-state index is 15.0. The molecule has 0 saturated carbocycles. The van der Waals surface area contributed by atoms with E-state index in [4.69, 9.17) is 9.15 Å². The van der Waals surface area contributed by atoms with Crippen LogP contribution in [0.5, 0.6) is 0 Å². The van der Waals surface area contributed by atoms with E-state index in [1.165, 1.54) is 17.0 Å². The maximum Gasteiger partial charge on any atom is 0.350 e. The third kappa shape index (κ3) is 3.79. The molecule has 2 aliphatic heterocycles. The van der Waals surface area contributed by atoms with E-state index in [0.717, 1.165) is 33.9 Å². The second-order valence-electron chi connectivity index (χ2n) is 10.3. The van der Waals surface area contributed by atoms with E-state index < -0.39 is 34.6 Å². The molecule has 0 fully saturated rings. The summed E-state index contributed by atoms with van der Waals surface area (Å²) in [5.41, 5.74) is -1.12. The second kappa shape index (κ2) is 10.1. The summed E-state index contributed by atoms with van der Waals surface area (Å²) >= 11 is 0.856. The van der Waals surface area contributed by atoms with Crippen molar-refractivity contribution in [1.82, 2.24) is 4.98 Å². The highest BCUT2D eigenvalue weighted by Crippen LogP contribution is 2.55.